The summed E-state index contributed by atoms with van der Waals surface area (Å²) in [6.45, 7) is 6.99. The van der Waals surface area contributed by atoms with Crippen LogP contribution in [0.1, 0.15) is 44.2 Å². The van der Waals surface area contributed by atoms with E-state index in [4.69, 9.17) is 0 Å². The molecule has 2 rings (SSSR count). The number of carbonyl (C=O) groups excluding carboxylic acids is 1. The Morgan fingerprint density at radius 2 is 2.05 bits per heavy atom. The number of tetrazole rings is 1. The van der Waals surface area contributed by atoms with E-state index in [0.29, 0.717) is 18.4 Å². The summed E-state index contributed by atoms with van der Waals surface area (Å²) in [6.07, 6.45) is 4.15. The summed E-state index contributed by atoms with van der Waals surface area (Å²) in [7, 11) is 0. The summed E-state index contributed by atoms with van der Waals surface area (Å²) >= 11 is 0. The molecule has 116 valence electrons. The molecule has 22 heavy (non-hydrogen) atoms. The number of hydrogen-bond acceptors (Lipinski definition) is 4. The van der Waals surface area contributed by atoms with Gasteiger partial charge in [-0.05, 0) is 40.0 Å². The van der Waals surface area contributed by atoms with E-state index in [1.165, 1.54) is 11.6 Å². The van der Waals surface area contributed by atoms with Crippen LogP contribution in [0, 0.1) is 0 Å². The predicted molar refractivity (Wildman–Crippen MR) is 86.3 cm³/mol. The van der Waals surface area contributed by atoms with Crippen LogP contribution in [-0.2, 0) is 11.3 Å². The minimum Gasteiger partial charge on any atom is -0.290 e. The van der Waals surface area contributed by atoms with Gasteiger partial charge in [0.2, 0.25) is 5.95 Å². The molecule has 0 aliphatic rings. The molecule has 1 aromatic carbocycles. The minimum absolute atomic E-state index is 0.250. The molecule has 0 saturated carbocycles. The van der Waals surface area contributed by atoms with Crippen LogP contribution in [0.15, 0.2) is 30.3 Å². The summed E-state index contributed by atoms with van der Waals surface area (Å²) in [5, 5.41) is 13.9. The van der Waals surface area contributed by atoms with Crippen molar-refractivity contribution in [2.75, 3.05) is 5.32 Å². The molecule has 0 saturated heterocycles. The third-order valence-electron chi connectivity index (χ3n) is 3.23. The molecule has 0 radical (unpaired) electrons. The lowest BCUT2D eigenvalue weighted by molar-refractivity contribution is -0.111. The second-order valence-corrected chi connectivity index (χ2v) is 5.37. The van der Waals surface area contributed by atoms with E-state index in [0.717, 1.165) is 12.0 Å². The highest BCUT2D eigenvalue weighted by atomic mass is 16.1. The van der Waals surface area contributed by atoms with Crippen LogP contribution >= 0.6 is 0 Å². The molecule has 0 aliphatic heterocycles. The molecular weight excluding hydrogens is 278 g/mol. The molecule has 0 spiro atoms. The molecule has 6 nitrogen and oxygen atoms in total. The smallest absolute Gasteiger partial charge is 0.250 e. The summed E-state index contributed by atoms with van der Waals surface area (Å²) in [5.74, 6) is 0.616. The normalized spacial score (nSPS) is 11.3. The number of carbonyl (C=O) groups is 1. The Bertz CT molecular complexity index is 643. The van der Waals surface area contributed by atoms with Gasteiger partial charge in [0.15, 0.2) is 0 Å². The second-order valence-electron chi connectivity index (χ2n) is 5.37. The maximum Gasteiger partial charge on any atom is 0.250 e. The summed E-state index contributed by atoms with van der Waals surface area (Å²) in [5.41, 5.74) is 2.26. The Morgan fingerprint density at radius 3 is 2.68 bits per heavy atom. The Hall–Kier alpha value is -2.50. The van der Waals surface area contributed by atoms with E-state index in [1.54, 1.807) is 10.8 Å². The molecule has 1 aromatic heterocycles. The maximum atomic E-state index is 11.9. The summed E-state index contributed by atoms with van der Waals surface area (Å²) in [4.78, 5) is 11.9. The van der Waals surface area contributed by atoms with E-state index < -0.39 is 0 Å². The number of rotatable bonds is 6. The second kappa shape index (κ2) is 7.49. The first-order chi connectivity index (χ1) is 10.6. The van der Waals surface area contributed by atoms with Crippen molar-refractivity contribution < 1.29 is 4.79 Å². The van der Waals surface area contributed by atoms with Crippen molar-refractivity contribution in [2.45, 2.75) is 39.7 Å². The number of aryl methyl sites for hydroxylation is 1. The van der Waals surface area contributed by atoms with Crippen LogP contribution < -0.4 is 5.32 Å². The molecule has 0 atom stereocenters. The lowest BCUT2D eigenvalue weighted by atomic mass is 10.0. The van der Waals surface area contributed by atoms with Gasteiger partial charge in [0, 0.05) is 12.6 Å². The first kappa shape index (κ1) is 15.9. The van der Waals surface area contributed by atoms with Gasteiger partial charge in [-0.2, -0.15) is 0 Å². The van der Waals surface area contributed by atoms with Crippen molar-refractivity contribution in [3.63, 3.8) is 0 Å². The van der Waals surface area contributed by atoms with Crippen molar-refractivity contribution in [1.82, 2.24) is 20.2 Å². The van der Waals surface area contributed by atoms with Gasteiger partial charge in [0.05, 0.1) is 0 Å². The van der Waals surface area contributed by atoms with E-state index in [1.807, 2.05) is 19.1 Å². The van der Waals surface area contributed by atoms with Crippen LogP contribution in [0.25, 0.3) is 6.08 Å². The Kier molecular flexibility index (Phi) is 5.41. The lowest BCUT2D eigenvalue weighted by Gasteiger charge is -2.04. The standard InChI is InChI=1S/C16H21N5O/c1-4-11-21-16(18-19-20-21)17-15(22)10-7-13-5-8-14(9-6-13)12(2)3/h5-10,12H,4,11H2,1-3H3,(H,17,18,20,22). The zero-order valence-electron chi connectivity index (χ0n) is 13.2. The average Bonchev–Trinajstić information content (AvgIpc) is 2.93. The van der Waals surface area contributed by atoms with E-state index >= 15 is 0 Å². The quantitative estimate of drug-likeness (QED) is 0.832. The molecule has 0 bridgehead atoms. The number of nitrogens with one attached hydrogen (secondary N) is 1. The largest absolute Gasteiger partial charge is 0.290 e. The number of benzene rings is 1. The van der Waals surface area contributed by atoms with Gasteiger partial charge >= 0.3 is 0 Å². The highest BCUT2D eigenvalue weighted by molar-refractivity contribution is 6.00. The molecule has 0 unspecified atom stereocenters. The number of anilines is 1. The van der Waals surface area contributed by atoms with E-state index in [2.05, 4.69) is 46.8 Å². The third-order valence-corrected chi connectivity index (χ3v) is 3.23. The Morgan fingerprint density at radius 1 is 1.32 bits per heavy atom. The van der Waals surface area contributed by atoms with Gasteiger partial charge in [-0.3, -0.25) is 10.1 Å². The van der Waals surface area contributed by atoms with Crippen molar-refractivity contribution in [3.8, 4) is 0 Å². The number of aromatic nitrogens is 4. The molecule has 0 fully saturated rings. The van der Waals surface area contributed by atoms with Crippen molar-refractivity contribution in [1.29, 1.82) is 0 Å². The van der Waals surface area contributed by atoms with E-state index in [9.17, 15) is 4.79 Å². The molecule has 6 heteroatoms. The zero-order valence-corrected chi connectivity index (χ0v) is 13.2. The number of hydrogen-bond donors (Lipinski definition) is 1. The molecule has 0 aliphatic carbocycles. The first-order valence-electron chi connectivity index (χ1n) is 7.45. The minimum atomic E-state index is -0.250. The zero-order chi connectivity index (χ0) is 15.9. The maximum absolute atomic E-state index is 11.9. The van der Waals surface area contributed by atoms with Gasteiger partial charge in [-0.1, -0.05) is 50.1 Å². The number of amides is 1. The van der Waals surface area contributed by atoms with Crippen LogP contribution in [0.3, 0.4) is 0 Å². The third kappa shape index (κ3) is 4.25. The van der Waals surface area contributed by atoms with Gasteiger partial charge < -0.3 is 0 Å². The van der Waals surface area contributed by atoms with Gasteiger partial charge in [-0.25, -0.2) is 4.68 Å². The van der Waals surface area contributed by atoms with Crippen molar-refractivity contribution in [3.05, 3.63) is 41.5 Å². The highest BCUT2D eigenvalue weighted by Gasteiger charge is 2.07. The fraction of sp³-hybridized carbons (Fsp3) is 0.375. The van der Waals surface area contributed by atoms with Crippen LogP contribution in [0.4, 0.5) is 5.95 Å². The fourth-order valence-corrected chi connectivity index (χ4v) is 1.97. The average molecular weight is 299 g/mol. The Balaban J connectivity index is 1.97. The van der Waals surface area contributed by atoms with Crippen molar-refractivity contribution >= 4 is 17.9 Å². The fourth-order valence-electron chi connectivity index (χ4n) is 1.97. The predicted octanol–water partition coefficient (Wildman–Crippen LogP) is 2.86. The Labute approximate surface area is 130 Å². The van der Waals surface area contributed by atoms with E-state index in [-0.39, 0.29) is 5.91 Å². The van der Waals surface area contributed by atoms with Gasteiger partial charge in [-0.15, -0.1) is 0 Å². The highest BCUT2D eigenvalue weighted by Crippen LogP contribution is 2.15. The lowest BCUT2D eigenvalue weighted by Crippen LogP contribution is -2.14. The van der Waals surface area contributed by atoms with Crippen molar-refractivity contribution in [2.24, 2.45) is 0 Å². The topological polar surface area (TPSA) is 72.7 Å². The molecular formula is C16H21N5O. The van der Waals surface area contributed by atoms with Gasteiger partial charge in [0.25, 0.3) is 5.91 Å². The van der Waals surface area contributed by atoms with Crippen LogP contribution in [0.5, 0.6) is 0 Å². The molecule has 2 aromatic rings. The first-order valence-corrected chi connectivity index (χ1v) is 7.45. The monoisotopic (exact) mass is 299 g/mol. The molecule has 1 heterocycles. The van der Waals surface area contributed by atoms with Crippen LogP contribution in [0.2, 0.25) is 0 Å². The van der Waals surface area contributed by atoms with Crippen LogP contribution in [-0.4, -0.2) is 26.1 Å². The summed E-state index contributed by atoms with van der Waals surface area (Å²) in [6, 6.07) is 8.15. The number of nitrogens with zero attached hydrogens (tertiary/aromatic N) is 4. The van der Waals surface area contributed by atoms with Gasteiger partial charge in [0.1, 0.15) is 0 Å². The molecule has 1 amide bonds. The SMILES string of the molecule is CCCn1nnnc1NC(=O)C=Cc1ccc(C(C)C)cc1. The molecule has 1 N–H and O–H groups in total. The summed E-state index contributed by atoms with van der Waals surface area (Å²) < 4.78 is 1.57.